The highest BCUT2D eigenvalue weighted by atomic mass is 16.5. The van der Waals surface area contributed by atoms with Crippen molar-refractivity contribution in [3.8, 4) is 11.5 Å². The number of rotatable bonds is 6. The molecule has 1 saturated heterocycles. The quantitative estimate of drug-likeness (QED) is 0.343. The van der Waals surface area contributed by atoms with Crippen LogP contribution in [0.3, 0.4) is 0 Å². The van der Waals surface area contributed by atoms with Gasteiger partial charge in [0, 0.05) is 54.8 Å². The summed E-state index contributed by atoms with van der Waals surface area (Å²) in [6.07, 6.45) is 5.10. The third-order valence-corrected chi connectivity index (χ3v) is 7.43. The van der Waals surface area contributed by atoms with Crippen LogP contribution in [0, 0.1) is 5.92 Å². The number of aromatic amines is 1. The third-order valence-electron chi connectivity index (χ3n) is 7.43. The number of hydrogen-bond donors (Lipinski definition) is 1. The molecule has 0 bridgehead atoms. The molecule has 4 heterocycles. The second-order valence-electron chi connectivity index (χ2n) is 9.52. The van der Waals surface area contributed by atoms with Crippen molar-refractivity contribution in [3.63, 3.8) is 0 Å². The standard InChI is InChI=1S/C27H28N4O4/c1-34-23-5-4-6-24-25(23)21-15-30(14-19(21)16-35-24)9-2-3-10-31-26(32)20-11-17-7-8-28-13-18(17)12-22(20)29-27(31)33/h4-8,11-13,19,21H,2-3,9-10,14-16H2,1H3,(H,29,33)/t19-,21-/m1/s1. The summed E-state index contributed by atoms with van der Waals surface area (Å²) in [6, 6.07) is 11.5. The van der Waals surface area contributed by atoms with E-state index >= 15 is 0 Å². The lowest BCUT2D eigenvalue weighted by Crippen LogP contribution is -2.35. The average Bonchev–Trinajstić information content (AvgIpc) is 3.30. The second-order valence-corrected chi connectivity index (χ2v) is 9.52. The number of aromatic nitrogens is 3. The summed E-state index contributed by atoms with van der Waals surface area (Å²) in [7, 11) is 1.71. The van der Waals surface area contributed by atoms with Gasteiger partial charge in [-0.1, -0.05) is 6.07 Å². The molecule has 0 spiro atoms. The van der Waals surface area contributed by atoms with Crippen molar-refractivity contribution in [2.75, 3.05) is 33.4 Å². The molecule has 6 rings (SSSR count). The highest BCUT2D eigenvalue weighted by Gasteiger charge is 2.40. The number of benzene rings is 2. The van der Waals surface area contributed by atoms with Crippen LogP contribution in [-0.4, -0.2) is 52.8 Å². The maximum absolute atomic E-state index is 13.1. The van der Waals surface area contributed by atoms with Crippen LogP contribution in [0.5, 0.6) is 11.5 Å². The lowest BCUT2D eigenvalue weighted by Gasteiger charge is -2.29. The summed E-state index contributed by atoms with van der Waals surface area (Å²) in [4.78, 5) is 35.2. The monoisotopic (exact) mass is 472 g/mol. The highest BCUT2D eigenvalue weighted by molar-refractivity contribution is 5.95. The molecule has 1 fully saturated rings. The smallest absolute Gasteiger partial charge is 0.328 e. The topological polar surface area (TPSA) is 89.5 Å². The molecule has 0 saturated carbocycles. The number of fused-ring (bicyclic) bond motifs is 5. The zero-order valence-corrected chi connectivity index (χ0v) is 19.7. The van der Waals surface area contributed by atoms with Crippen LogP contribution >= 0.6 is 0 Å². The molecule has 8 nitrogen and oxygen atoms in total. The van der Waals surface area contributed by atoms with E-state index in [1.807, 2.05) is 36.4 Å². The molecule has 2 aliphatic heterocycles. The van der Waals surface area contributed by atoms with E-state index in [0.29, 0.717) is 29.3 Å². The van der Waals surface area contributed by atoms with Crippen molar-refractivity contribution in [2.45, 2.75) is 25.3 Å². The van der Waals surface area contributed by atoms with E-state index in [1.165, 1.54) is 10.1 Å². The maximum Gasteiger partial charge on any atom is 0.328 e. The number of likely N-dealkylation sites (tertiary alicyclic amines) is 1. The average molecular weight is 473 g/mol. The van der Waals surface area contributed by atoms with Crippen LogP contribution in [0.2, 0.25) is 0 Å². The second kappa shape index (κ2) is 8.85. The van der Waals surface area contributed by atoms with Crippen molar-refractivity contribution >= 4 is 21.7 Å². The molecular weight excluding hydrogens is 444 g/mol. The zero-order valence-electron chi connectivity index (χ0n) is 19.7. The summed E-state index contributed by atoms with van der Waals surface area (Å²) in [5.41, 5.74) is 1.13. The van der Waals surface area contributed by atoms with E-state index in [4.69, 9.17) is 9.47 Å². The van der Waals surface area contributed by atoms with Crippen molar-refractivity contribution < 1.29 is 9.47 Å². The minimum Gasteiger partial charge on any atom is -0.496 e. The Morgan fingerprint density at radius 2 is 2.00 bits per heavy atom. The largest absolute Gasteiger partial charge is 0.496 e. The Kier molecular flexibility index (Phi) is 5.53. The molecule has 35 heavy (non-hydrogen) atoms. The van der Waals surface area contributed by atoms with Gasteiger partial charge < -0.3 is 19.4 Å². The lowest BCUT2D eigenvalue weighted by molar-refractivity contribution is 0.209. The molecule has 2 aromatic carbocycles. The number of pyridine rings is 1. The molecule has 1 N–H and O–H groups in total. The number of nitrogens with zero attached hydrogens (tertiary/aromatic N) is 3. The molecule has 0 radical (unpaired) electrons. The van der Waals surface area contributed by atoms with Gasteiger partial charge in [-0.05, 0) is 55.1 Å². The minimum atomic E-state index is -0.362. The number of nitrogens with one attached hydrogen (secondary N) is 1. The molecule has 180 valence electrons. The van der Waals surface area contributed by atoms with Crippen LogP contribution in [0.15, 0.2) is 58.4 Å². The summed E-state index contributed by atoms with van der Waals surface area (Å²) in [5.74, 6) is 2.70. The minimum absolute atomic E-state index is 0.240. The number of H-pyrrole nitrogens is 1. The van der Waals surface area contributed by atoms with Gasteiger partial charge in [0.05, 0.1) is 24.6 Å². The highest BCUT2D eigenvalue weighted by Crippen LogP contribution is 2.46. The van der Waals surface area contributed by atoms with Gasteiger partial charge in [0.25, 0.3) is 5.56 Å². The van der Waals surface area contributed by atoms with Gasteiger partial charge in [-0.3, -0.25) is 14.3 Å². The Balaban J connectivity index is 1.13. The van der Waals surface area contributed by atoms with E-state index in [9.17, 15) is 9.59 Å². The molecule has 8 heteroatoms. The van der Waals surface area contributed by atoms with Crippen LogP contribution in [0.4, 0.5) is 0 Å². The van der Waals surface area contributed by atoms with Gasteiger partial charge in [0.2, 0.25) is 0 Å². The molecule has 2 aromatic heterocycles. The van der Waals surface area contributed by atoms with E-state index in [2.05, 4.69) is 14.9 Å². The Bertz CT molecular complexity index is 1510. The van der Waals surface area contributed by atoms with E-state index in [1.54, 1.807) is 19.5 Å². The number of unbranched alkanes of at least 4 members (excludes halogenated alkanes) is 1. The van der Waals surface area contributed by atoms with Crippen LogP contribution in [-0.2, 0) is 6.54 Å². The van der Waals surface area contributed by atoms with Crippen molar-refractivity contribution in [1.82, 2.24) is 19.4 Å². The van der Waals surface area contributed by atoms with Gasteiger partial charge in [-0.15, -0.1) is 0 Å². The Morgan fingerprint density at radius 3 is 2.89 bits per heavy atom. The van der Waals surface area contributed by atoms with Crippen molar-refractivity contribution in [2.24, 2.45) is 5.92 Å². The molecule has 0 aliphatic carbocycles. The van der Waals surface area contributed by atoms with Crippen molar-refractivity contribution in [3.05, 3.63) is 75.2 Å². The molecular formula is C27H28N4O4. The van der Waals surface area contributed by atoms with Gasteiger partial charge in [0.1, 0.15) is 11.5 Å². The van der Waals surface area contributed by atoms with Gasteiger partial charge in [-0.25, -0.2) is 4.79 Å². The molecule has 2 atom stereocenters. The number of hydrogen-bond acceptors (Lipinski definition) is 6. The fourth-order valence-electron chi connectivity index (χ4n) is 5.67. The summed E-state index contributed by atoms with van der Waals surface area (Å²) >= 11 is 0. The van der Waals surface area contributed by atoms with Crippen LogP contribution in [0.25, 0.3) is 21.7 Å². The first kappa shape index (κ1) is 21.9. The predicted octanol–water partition coefficient (Wildman–Crippen LogP) is 3.13. The molecule has 0 amide bonds. The molecule has 4 aromatic rings. The van der Waals surface area contributed by atoms with Gasteiger partial charge in [-0.2, -0.15) is 0 Å². The van der Waals surface area contributed by atoms with Gasteiger partial charge in [0.15, 0.2) is 0 Å². The number of ether oxygens (including phenoxy) is 2. The Labute approximate surface area is 202 Å². The SMILES string of the molecule is COc1cccc2c1[C@@H]1CN(CCCCn3c(=O)[nH]c4cc5cnccc5cc4c3=O)C[C@@H]1CO2. The summed E-state index contributed by atoms with van der Waals surface area (Å²) in [5, 5.41) is 2.35. The molecule has 0 unspecified atom stereocenters. The lowest BCUT2D eigenvalue weighted by atomic mass is 9.86. The number of methoxy groups -OCH3 is 1. The summed E-state index contributed by atoms with van der Waals surface area (Å²) in [6.45, 7) is 4.02. The van der Waals surface area contributed by atoms with E-state index < -0.39 is 0 Å². The maximum atomic E-state index is 13.1. The Morgan fingerprint density at radius 1 is 1.11 bits per heavy atom. The zero-order chi connectivity index (χ0) is 23.9. The molecule has 2 aliphatic rings. The third kappa shape index (κ3) is 3.87. The van der Waals surface area contributed by atoms with E-state index in [-0.39, 0.29) is 11.2 Å². The summed E-state index contributed by atoms with van der Waals surface area (Å²) < 4.78 is 13.0. The normalized spacial score (nSPS) is 19.5. The fourth-order valence-corrected chi connectivity index (χ4v) is 5.67. The van der Waals surface area contributed by atoms with E-state index in [0.717, 1.165) is 61.4 Å². The predicted molar refractivity (Wildman–Crippen MR) is 135 cm³/mol. The van der Waals surface area contributed by atoms with Crippen LogP contribution in [0.1, 0.15) is 24.3 Å². The van der Waals surface area contributed by atoms with Crippen molar-refractivity contribution in [1.29, 1.82) is 0 Å². The van der Waals surface area contributed by atoms with Crippen LogP contribution < -0.4 is 20.7 Å². The fraction of sp³-hybridized carbons (Fsp3) is 0.370. The first-order chi connectivity index (χ1) is 17.1. The first-order valence-electron chi connectivity index (χ1n) is 12.1. The Hall–Kier alpha value is -3.65. The first-order valence-corrected chi connectivity index (χ1v) is 12.1. The van der Waals surface area contributed by atoms with Gasteiger partial charge >= 0.3 is 5.69 Å².